The predicted octanol–water partition coefficient (Wildman–Crippen LogP) is 1.57. The Bertz CT molecular complexity index is 1300. The van der Waals surface area contributed by atoms with Gasteiger partial charge in [0.1, 0.15) is 18.7 Å². The number of aliphatic carboxylic acids is 1. The molecule has 0 aliphatic heterocycles. The predicted molar refractivity (Wildman–Crippen MR) is 149 cm³/mol. The van der Waals surface area contributed by atoms with Crippen molar-refractivity contribution in [1.82, 2.24) is 21.3 Å². The van der Waals surface area contributed by atoms with Crippen molar-refractivity contribution in [2.45, 2.75) is 31.5 Å². The summed E-state index contributed by atoms with van der Waals surface area (Å²) in [6.07, 6.45) is -0.570. The van der Waals surface area contributed by atoms with Crippen molar-refractivity contribution >= 4 is 29.8 Å². The molecular weight excluding hydrogens is 528 g/mol. The highest BCUT2D eigenvalue weighted by molar-refractivity contribution is 5.91. The molecule has 0 aliphatic rings. The fraction of sp³-hybridized carbons (Fsp3) is 0.233. The molecule has 0 saturated heterocycles. The van der Waals surface area contributed by atoms with Gasteiger partial charge >= 0.3 is 12.1 Å². The summed E-state index contributed by atoms with van der Waals surface area (Å²) < 4.78 is 5.23. The van der Waals surface area contributed by atoms with Crippen LogP contribution in [0.25, 0.3) is 0 Å². The van der Waals surface area contributed by atoms with E-state index in [4.69, 9.17) is 4.74 Å². The molecule has 0 fully saturated rings. The van der Waals surface area contributed by atoms with Gasteiger partial charge in [0.05, 0.1) is 13.1 Å². The fourth-order valence-corrected chi connectivity index (χ4v) is 3.79. The molecule has 11 heteroatoms. The van der Waals surface area contributed by atoms with E-state index in [0.29, 0.717) is 0 Å². The van der Waals surface area contributed by atoms with Gasteiger partial charge in [-0.05, 0) is 16.7 Å². The van der Waals surface area contributed by atoms with Crippen LogP contribution in [0.15, 0.2) is 91.0 Å². The summed E-state index contributed by atoms with van der Waals surface area (Å²) in [4.78, 5) is 61.4. The first-order valence-electron chi connectivity index (χ1n) is 12.9. The third-order valence-corrected chi connectivity index (χ3v) is 5.89. The van der Waals surface area contributed by atoms with E-state index in [-0.39, 0.29) is 19.4 Å². The molecule has 4 amide bonds. The lowest BCUT2D eigenvalue weighted by Gasteiger charge is -2.19. The number of nitrogens with one attached hydrogen (secondary N) is 4. The summed E-state index contributed by atoms with van der Waals surface area (Å²) in [5, 5.41) is 19.1. The number of hydrogen-bond acceptors (Lipinski definition) is 6. The van der Waals surface area contributed by atoms with Crippen LogP contribution in [0.3, 0.4) is 0 Å². The van der Waals surface area contributed by atoms with E-state index < -0.39 is 55.0 Å². The maximum absolute atomic E-state index is 12.9. The normalized spacial score (nSPS) is 11.8. The molecule has 0 spiro atoms. The molecular formula is C30H32N4O7. The van der Waals surface area contributed by atoms with Crippen LogP contribution in [-0.4, -0.2) is 60.1 Å². The van der Waals surface area contributed by atoms with Gasteiger partial charge in [-0.15, -0.1) is 0 Å². The monoisotopic (exact) mass is 560 g/mol. The number of carbonyl (C=O) groups excluding carboxylic acids is 4. The first kappa shape index (κ1) is 30.4. The standard InChI is InChI=1S/C30H32N4O7/c35-26(31-19-27(36)33-25(29(38)39)17-22-12-6-2-7-13-22)18-32-28(37)24(16-21-10-4-1-5-11-21)34-30(40)41-20-23-14-8-3-9-15-23/h1-15,24-25H,16-20H2,(H,31,35)(H,32,37)(H,33,36)(H,34,40)(H,38,39)/t24-,25-/m0/s1. The van der Waals surface area contributed by atoms with Crippen LogP contribution in [0.2, 0.25) is 0 Å². The Labute approximate surface area is 237 Å². The summed E-state index contributed by atoms with van der Waals surface area (Å²) in [5.41, 5.74) is 2.29. The van der Waals surface area contributed by atoms with Crippen molar-refractivity contribution in [3.63, 3.8) is 0 Å². The Morgan fingerprint density at radius 1 is 0.610 bits per heavy atom. The van der Waals surface area contributed by atoms with Crippen LogP contribution in [0.1, 0.15) is 16.7 Å². The maximum atomic E-state index is 12.9. The quantitative estimate of drug-likeness (QED) is 0.200. The molecule has 0 unspecified atom stereocenters. The minimum absolute atomic E-state index is 0.0188. The van der Waals surface area contributed by atoms with Gasteiger partial charge in [0, 0.05) is 12.8 Å². The molecule has 5 N–H and O–H groups in total. The van der Waals surface area contributed by atoms with Crippen LogP contribution >= 0.6 is 0 Å². The van der Waals surface area contributed by atoms with Crippen LogP contribution in [-0.2, 0) is 43.4 Å². The van der Waals surface area contributed by atoms with Crippen molar-refractivity contribution < 1.29 is 33.8 Å². The third-order valence-electron chi connectivity index (χ3n) is 5.89. The lowest BCUT2D eigenvalue weighted by atomic mass is 10.1. The molecule has 3 aromatic rings. The minimum Gasteiger partial charge on any atom is -0.480 e. The SMILES string of the molecule is O=C(CNC(=O)[C@H](Cc1ccccc1)NC(=O)OCc1ccccc1)NCC(=O)N[C@@H](Cc1ccccc1)C(=O)O. The van der Waals surface area contributed by atoms with Gasteiger partial charge in [0.25, 0.3) is 0 Å². The highest BCUT2D eigenvalue weighted by Crippen LogP contribution is 2.06. The molecule has 3 aromatic carbocycles. The van der Waals surface area contributed by atoms with E-state index in [1.807, 2.05) is 24.3 Å². The second kappa shape index (κ2) is 16.0. The molecule has 0 radical (unpaired) electrons. The second-order valence-electron chi connectivity index (χ2n) is 9.09. The van der Waals surface area contributed by atoms with Gasteiger partial charge in [-0.3, -0.25) is 14.4 Å². The zero-order valence-corrected chi connectivity index (χ0v) is 22.2. The smallest absolute Gasteiger partial charge is 0.408 e. The highest BCUT2D eigenvalue weighted by Gasteiger charge is 2.23. The van der Waals surface area contributed by atoms with Gasteiger partial charge in [0.2, 0.25) is 17.7 Å². The molecule has 3 rings (SSSR count). The lowest BCUT2D eigenvalue weighted by Crippen LogP contribution is -2.51. The van der Waals surface area contributed by atoms with E-state index >= 15 is 0 Å². The van der Waals surface area contributed by atoms with Gasteiger partial charge < -0.3 is 31.1 Å². The Balaban J connectivity index is 1.48. The summed E-state index contributed by atoms with van der Waals surface area (Å²) in [7, 11) is 0. The molecule has 11 nitrogen and oxygen atoms in total. The molecule has 2 atom stereocenters. The number of carboxylic acid groups (broad SMARTS) is 1. The summed E-state index contributed by atoms with van der Waals surface area (Å²) >= 11 is 0. The van der Waals surface area contributed by atoms with E-state index in [9.17, 15) is 29.1 Å². The number of hydrogen-bond donors (Lipinski definition) is 5. The number of benzene rings is 3. The average molecular weight is 561 g/mol. The number of alkyl carbamates (subject to hydrolysis) is 1. The number of carboxylic acids is 1. The molecule has 0 aliphatic carbocycles. The zero-order valence-electron chi connectivity index (χ0n) is 22.2. The van der Waals surface area contributed by atoms with E-state index in [1.165, 1.54) is 0 Å². The number of amides is 4. The van der Waals surface area contributed by atoms with Gasteiger partial charge in [0.15, 0.2) is 0 Å². The summed E-state index contributed by atoms with van der Waals surface area (Å²) in [5.74, 6) is -3.20. The molecule has 214 valence electrons. The van der Waals surface area contributed by atoms with Crippen LogP contribution in [0.4, 0.5) is 4.79 Å². The number of carbonyl (C=O) groups is 5. The highest BCUT2D eigenvalue weighted by atomic mass is 16.5. The van der Waals surface area contributed by atoms with E-state index in [1.54, 1.807) is 66.7 Å². The van der Waals surface area contributed by atoms with E-state index in [0.717, 1.165) is 16.7 Å². The van der Waals surface area contributed by atoms with Crippen LogP contribution in [0, 0.1) is 0 Å². The number of rotatable bonds is 14. The van der Waals surface area contributed by atoms with Crippen LogP contribution < -0.4 is 21.3 Å². The first-order valence-corrected chi connectivity index (χ1v) is 12.9. The van der Waals surface area contributed by atoms with Gasteiger partial charge in [-0.2, -0.15) is 0 Å². The van der Waals surface area contributed by atoms with E-state index in [2.05, 4.69) is 21.3 Å². The Hall–Kier alpha value is -5.19. The van der Waals surface area contributed by atoms with Crippen molar-refractivity contribution in [2.24, 2.45) is 0 Å². The Morgan fingerprint density at radius 3 is 1.63 bits per heavy atom. The average Bonchev–Trinajstić information content (AvgIpc) is 2.98. The first-order chi connectivity index (χ1) is 19.8. The Kier molecular flexibility index (Phi) is 11.9. The van der Waals surface area contributed by atoms with Crippen molar-refractivity contribution in [1.29, 1.82) is 0 Å². The van der Waals surface area contributed by atoms with Crippen molar-refractivity contribution in [3.05, 3.63) is 108 Å². The number of ether oxygens (including phenoxy) is 1. The zero-order chi connectivity index (χ0) is 29.5. The van der Waals surface area contributed by atoms with Gasteiger partial charge in [-0.25, -0.2) is 9.59 Å². The summed E-state index contributed by atoms with van der Waals surface area (Å²) in [6.45, 7) is -0.930. The largest absolute Gasteiger partial charge is 0.480 e. The molecule has 0 saturated carbocycles. The maximum Gasteiger partial charge on any atom is 0.408 e. The van der Waals surface area contributed by atoms with Crippen molar-refractivity contribution in [3.8, 4) is 0 Å². The Morgan fingerprint density at radius 2 is 1.10 bits per heavy atom. The molecule has 0 bridgehead atoms. The van der Waals surface area contributed by atoms with Gasteiger partial charge in [-0.1, -0.05) is 91.0 Å². The molecule has 41 heavy (non-hydrogen) atoms. The fourth-order valence-electron chi connectivity index (χ4n) is 3.79. The second-order valence-corrected chi connectivity index (χ2v) is 9.09. The lowest BCUT2D eigenvalue weighted by molar-refractivity contribution is -0.141. The molecule has 0 aromatic heterocycles. The molecule has 0 heterocycles. The topological polar surface area (TPSA) is 163 Å². The third kappa shape index (κ3) is 11.2. The minimum atomic E-state index is -1.21. The summed E-state index contributed by atoms with van der Waals surface area (Å²) in [6, 6.07) is 24.7. The van der Waals surface area contributed by atoms with Crippen molar-refractivity contribution in [2.75, 3.05) is 13.1 Å². The van der Waals surface area contributed by atoms with Crippen LogP contribution in [0.5, 0.6) is 0 Å².